The molecule has 0 radical (unpaired) electrons. The largest absolute Gasteiger partial charge is 0.213 e. The maximum absolute atomic E-state index is 5.83. The van der Waals surface area contributed by atoms with Crippen LogP contribution in [0.5, 0.6) is 0 Å². The molecule has 0 amide bonds. The average Bonchev–Trinajstić information content (AvgIpc) is 2.82. The number of halogens is 1. The molecule has 0 fully saturated rings. The van der Waals surface area contributed by atoms with E-state index in [4.69, 9.17) is 11.6 Å². The monoisotopic (exact) mass is 243 g/mol. The van der Waals surface area contributed by atoms with E-state index in [-0.39, 0.29) is 0 Å². The van der Waals surface area contributed by atoms with Crippen molar-refractivity contribution in [2.75, 3.05) is 0 Å². The molecule has 0 saturated heterocycles. The van der Waals surface area contributed by atoms with Gasteiger partial charge >= 0.3 is 0 Å². The fraction of sp³-hybridized carbons (Fsp3) is 0.0769. The molecule has 17 heavy (non-hydrogen) atoms. The highest BCUT2D eigenvalue weighted by atomic mass is 35.5. The number of para-hydroxylation sites is 1. The Hall–Kier alpha value is -1.87. The number of hydrogen-bond acceptors (Lipinski definition) is 2. The van der Waals surface area contributed by atoms with Crippen molar-refractivity contribution in [3.05, 3.63) is 54.1 Å². The van der Waals surface area contributed by atoms with Crippen molar-refractivity contribution in [1.29, 1.82) is 0 Å². The molecular formula is C13H10ClN3. The maximum atomic E-state index is 5.83. The van der Waals surface area contributed by atoms with E-state index in [9.17, 15) is 0 Å². The Morgan fingerprint density at radius 3 is 2.82 bits per heavy atom. The summed E-state index contributed by atoms with van der Waals surface area (Å²) < 4.78 is 1.82. The molecule has 3 rings (SSSR count). The highest BCUT2D eigenvalue weighted by molar-refractivity contribution is 6.17. The third kappa shape index (κ3) is 1.78. The molecule has 2 aromatic carbocycles. The minimum atomic E-state index is 0.500. The Morgan fingerprint density at radius 2 is 1.94 bits per heavy atom. The van der Waals surface area contributed by atoms with Gasteiger partial charge < -0.3 is 0 Å². The summed E-state index contributed by atoms with van der Waals surface area (Å²) in [7, 11) is 0. The number of aromatic nitrogens is 3. The van der Waals surface area contributed by atoms with Crippen LogP contribution in [0, 0.1) is 0 Å². The fourth-order valence-electron chi connectivity index (χ4n) is 1.83. The molecule has 0 saturated carbocycles. The van der Waals surface area contributed by atoms with Crippen LogP contribution in [0.3, 0.4) is 0 Å². The summed E-state index contributed by atoms with van der Waals surface area (Å²) in [4.78, 5) is 0. The molecule has 1 aromatic heterocycles. The SMILES string of the molecule is ClCc1cccc(-n2nnc3ccccc32)c1. The summed E-state index contributed by atoms with van der Waals surface area (Å²) in [5.41, 5.74) is 3.95. The van der Waals surface area contributed by atoms with Crippen molar-refractivity contribution in [2.24, 2.45) is 0 Å². The average molecular weight is 244 g/mol. The van der Waals surface area contributed by atoms with Crippen molar-refractivity contribution < 1.29 is 0 Å². The first-order valence-corrected chi connectivity index (χ1v) is 5.87. The second-order valence-corrected chi connectivity index (χ2v) is 4.06. The lowest BCUT2D eigenvalue weighted by atomic mass is 10.2. The molecule has 0 spiro atoms. The Bertz CT molecular complexity index is 660. The van der Waals surface area contributed by atoms with Crippen LogP contribution in [0.25, 0.3) is 16.7 Å². The predicted octanol–water partition coefficient (Wildman–Crippen LogP) is 3.16. The first-order chi connectivity index (χ1) is 8.38. The minimum Gasteiger partial charge on any atom is -0.213 e. The van der Waals surface area contributed by atoms with E-state index in [2.05, 4.69) is 10.3 Å². The first-order valence-electron chi connectivity index (χ1n) is 5.34. The van der Waals surface area contributed by atoms with Gasteiger partial charge in [-0.1, -0.05) is 29.5 Å². The smallest absolute Gasteiger partial charge is 0.113 e. The van der Waals surface area contributed by atoms with Crippen LogP contribution in [0.1, 0.15) is 5.56 Å². The molecule has 0 aliphatic heterocycles. The van der Waals surface area contributed by atoms with Gasteiger partial charge in [-0.3, -0.25) is 0 Å². The number of alkyl halides is 1. The van der Waals surface area contributed by atoms with Crippen LogP contribution in [-0.2, 0) is 5.88 Å². The van der Waals surface area contributed by atoms with Gasteiger partial charge in [0.2, 0.25) is 0 Å². The Morgan fingerprint density at radius 1 is 1.06 bits per heavy atom. The number of hydrogen-bond donors (Lipinski definition) is 0. The quantitative estimate of drug-likeness (QED) is 0.648. The van der Waals surface area contributed by atoms with Crippen LogP contribution >= 0.6 is 11.6 Å². The van der Waals surface area contributed by atoms with Gasteiger partial charge in [0.1, 0.15) is 5.52 Å². The molecule has 3 aromatic rings. The zero-order valence-corrected chi connectivity index (χ0v) is 9.80. The molecule has 84 valence electrons. The molecule has 0 atom stereocenters. The Balaban J connectivity index is 2.20. The molecule has 0 unspecified atom stereocenters. The molecule has 0 aliphatic rings. The topological polar surface area (TPSA) is 30.7 Å². The second-order valence-electron chi connectivity index (χ2n) is 3.79. The molecule has 3 nitrogen and oxygen atoms in total. The highest BCUT2D eigenvalue weighted by Crippen LogP contribution is 2.17. The molecule has 0 aliphatic carbocycles. The normalized spacial score (nSPS) is 10.9. The van der Waals surface area contributed by atoms with Crippen molar-refractivity contribution in [3.8, 4) is 5.69 Å². The van der Waals surface area contributed by atoms with Crippen LogP contribution in [-0.4, -0.2) is 15.0 Å². The summed E-state index contributed by atoms with van der Waals surface area (Å²) in [6.45, 7) is 0. The van der Waals surface area contributed by atoms with Crippen LogP contribution in [0.4, 0.5) is 0 Å². The Kier molecular flexibility index (Phi) is 2.53. The summed E-state index contributed by atoms with van der Waals surface area (Å²) in [5.74, 6) is 0.500. The molecular weight excluding hydrogens is 234 g/mol. The van der Waals surface area contributed by atoms with Gasteiger partial charge in [0, 0.05) is 5.88 Å². The van der Waals surface area contributed by atoms with Crippen molar-refractivity contribution in [1.82, 2.24) is 15.0 Å². The van der Waals surface area contributed by atoms with Gasteiger partial charge in [0.25, 0.3) is 0 Å². The third-order valence-electron chi connectivity index (χ3n) is 2.66. The van der Waals surface area contributed by atoms with E-state index in [0.717, 1.165) is 22.3 Å². The van der Waals surface area contributed by atoms with Gasteiger partial charge in [-0.25, -0.2) is 4.68 Å². The number of rotatable bonds is 2. The van der Waals surface area contributed by atoms with Gasteiger partial charge in [0.05, 0.1) is 11.2 Å². The zero-order valence-electron chi connectivity index (χ0n) is 9.05. The summed E-state index contributed by atoms with van der Waals surface area (Å²) in [6.07, 6.45) is 0. The lowest BCUT2D eigenvalue weighted by Gasteiger charge is -2.03. The molecule has 0 bridgehead atoms. The summed E-state index contributed by atoms with van der Waals surface area (Å²) in [6, 6.07) is 15.9. The van der Waals surface area contributed by atoms with Gasteiger partial charge in [0.15, 0.2) is 0 Å². The molecule has 0 N–H and O–H groups in total. The third-order valence-corrected chi connectivity index (χ3v) is 2.97. The fourth-order valence-corrected chi connectivity index (χ4v) is 2.00. The first kappa shape index (κ1) is 10.3. The number of fused-ring (bicyclic) bond motifs is 1. The van der Waals surface area contributed by atoms with E-state index in [0.29, 0.717) is 5.88 Å². The van der Waals surface area contributed by atoms with Gasteiger partial charge in [-0.15, -0.1) is 16.7 Å². The standard InChI is InChI=1S/C13H10ClN3/c14-9-10-4-3-5-11(8-10)17-13-7-2-1-6-12(13)15-16-17/h1-8H,9H2. The number of benzene rings is 2. The van der Waals surface area contributed by atoms with Crippen molar-refractivity contribution >= 4 is 22.6 Å². The van der Waals surface area contributed by atoms with E-state index in [1.54, 1.807) is 0 Å². The van der Waals surface area contributed by atoms with E-state index < -0.39 is 0 Å². The van der Waals surface area contributed by atoms with E-state index >= 15 is 0 Å². The van der Waals surface area contributed by atoms with Crippen LogP contribution < -0.4 is 0 Å². The summed E-state index contributed by atoms with van der Waals surface area (Å²) in [5, 5.41) is 8.30. The summed E-state index contributed by atoms with van der Waals surface area (Å²) >= 11 is 5.83. The number of nitrogens with zero attached hydrogens (tertiary/aromatic N) is 3. The van der Waals surface area contributed by atoms with E-state index in [1.807, 2.05) is 53.2 Å². The molecule has 1 heterocycles. The predicted molar refractivity (Wildman–Crippen MR) is 68.4 cm³/mol. The van der Waals surface area contributed by atoms with E-state index in [1.165, 1.54) is 0 Å². The minimum absolute atomic E-state index is 0.500. The van der Waals surface area contributed by atoms with Gasteiger partial charge in [-0.2, -0.15) is 0 Å². The zero-order chi connectivity index (χ0) is 11.7. The lowest BCUT2D eigenvalue weighted by molar-refractivity contribution is 0.823. The molecule has 4 heteroatoms. The maximum Gasteiger partial charge on any atom is 0.113 e. The van der Waals surface area contributed by atoms with Crippen molar-refractivity contribution in [3.63, 3.8) is 0 Å². The van der Waals surface area contributed by atoms with Crippen molar-refractivity contribution in [2.45, 2.75) is 5.88 Å². The second kappa shape index (κ2) is 4.18. The lowest BCUT2D eigenvalue weighted by Crippen LogP contribution is -1.97. The van der Waals surface area contributed by atoms with Crippen LogP contribution in [0.2, 0.25) is 0 Å². The van der Waals surface area contributed by atoms with Crippen LogP contribution in [0.15, 0.2) is 48.5 Å². The highest BCUT2D eigenvalue weighted by Gasteiger charge is 2.05. The Labute approximate surface area is 104 Å². The van der Waals surface area contributed by atoms with Gasteiger partial charge in [-0.05, 0) is 29.8 Å².